The maximum Gasteiger partial charge on any atom is 0.227 e. The molecule has 2 heterocycles. The van der Waals surface area contributed by atoms with Crippen LogP contribution in [0, 0.1) is 6.92 Å². The van der Waals surface area contributed by atoms with Gasteiger partial charge in [-0.3, -0.25) is 4.79 Å². The molecule has 2 heteroatoms. The number of hydrogen-bond acceptors (Lipinski definition) is 1. The molecule has 1 saturated heterocycles. The van der Waals surface area contributed by atoms with Gasteiger partial charge in [0.1, 0.15) is 0 Å². The van der Waals surface area contributed by atoms with Crippen LogP contribution in [0.1, 0.15) is 35.6 Å². The van der Waals surface area contributed by atoms with E-state index in [0.29, 0.717) is 18.4 Å². The van der Waals surface area contributed by atoms with E-state index in [1.54, 1.807) is 0 Å². The van der Waals surface area contributed by atoms with Crippen LogP contribution in [-0.4, -0.2) is 17.4 Å². The van der Waals surface area contributed by atoms with Crippen LogP contribution >= 0.6 is 0 Å². The van der Waals surface area contributed by atoms with E-state index in [1.165, 1.54) is 16.7 Å². The lowest BCUT2D eigenvalue weighted by Gasteiger charge is -2.32. The number of hydrogen-bond donors (Lipinski definition) is 0. The highest BCUT2D eigenvalue weighted by Crippen LogP contribution is 2.38. The van der Waals surface area contributed by atoms with E-state index < -0.39 is 0 Å². The monoisotopic (exact) mass is 201 g/mol. The Morgan fingerprint density at radius 1 is 1.40 bits per heavy atom. The molecular weight excluding hydrogens is 186 g/mol. The number of fused-ring (bicyclic) bond motifs is 3. The van der Waals surface area contributed by atoms with Crippen LogP contribution in [0.2, 0.25) is 0 Å². The Balaban J connectivity index is 2.12. The maximum atomic E-state index is 11.8. The van der Waals surface area contributed by atoms with Gasteiger partial charge in [-0.2, -0.15) is 0 Å². The molecule has 0 bridgehead atoms. The molecule has 3 rings (SSSR count). The first-order chi connectivity index (χ1) is 7.25. The van der Waals surface area contributed by atoms with Crippen molar-refractivity contribution in [2.45, 2.75) is 32.2 Å². The minimum Gasteiger partial charge on any atom is -0.335 e. The average Bonchev–Trinajstić information content (AvgIpc) is 2.69. The van der Waals surface area contributed by atoms with E-state index in [-0.39, 0.29) is 0 Å². The molecule has 0 aliphatic carbocycles. The highest BCUT2D eigenvalue weighted by Gasteiger charge is 2.35. The molecule has 1 unspecified atom stereocenters. The number of nitrogens with zero attached hydrogens (tertiary/aromatic N) is 1. The molecule has 1 fully saturated rings. The molecule has 15 heavy (non-hydrogen) atoms. The van der Waals surface area contributed by atoms with Crippen LogP contribution in [-0.2, 0) is 11.2 Å². The molecule has 1 atom stereocenters. The molecule has 2 nitrogen and oxygen atoms in total. The number of carbonyl (C=O) groups is 1. The fraction of sp³-hybridized carbons (Fsp3) is 0.462. The Morgan fingerprint density at radius 3 is 3.13 bits per heavy atom. The third-order valence-corrected chi connectivity index (χ3v) is 3.58. The second-order valence-electron chi connectivity index (χ2n) is 4.62. The topological polar surface area (TPSA) is 20.3 Å². The lowest BCUT2D eigenvalue weighted by molar-refractivity contribution is -0.132. The number of amides is 1. The minimum absolute atomic E-state index is 0.314. The van der Waals surface area contributed by atoms with Crippen molar-refractivity contribution < 1.29 is 4.79 Å². The Kier molecular flexibility index (Phi) is 1.84. The summed E-state index contributed by atoms with van der Waals surface area (Å²) in [5.74, 6) is 0.314. The van der Waals surface area contributed by atoms with Gasteiger partial charge in [0.15, 0.2) is 0 Å². The van der Waals surface area contributed by atoms with Crippen LogP contribution in [0.4, 0.5) is 0 Å². The molecule has 1 amide bonds. The summed E-state index contributed by atoms with van der Waals surface area (Å²) in [6.07, 6.45) is 2.90. The second-order valence-corrected chi connectivity index (χ2v) is 4.62. The van der Waals surface area contributed by atoms with E-state index in [2.05, 4.69) is 30.0 Å². The second kappa shape index (κ2) is 3.09. The van der Waals surface area contributed by atoms with Gasteiger partial charge < -0.3 is 4.90 Å². The van der Waals surface area contributed by atoms with Gasteiger partial charge in [-0.1, -0.05) is 23.8 Å². The third-order valence-electron chi connectivity index (χ3n) is 3.58. The van der Waals surface area contributed by atoms with Crippen LogP contribution < -0.4 is 0 Å². The van der Waals surface area contributed by atoms with Crippen LogP contribution in [0.5, 0.6) is 0 Å². The van der Waals surface area contributed by atoms with Gasteiger partial charge in [0.25, 0.3) is 0 Å². The molecular formula is C13H15NO. The van der Waals surface area contributed by atoms with Gasteiger partial charge in [-0.05, 0) is 30.9 Å². The van der Waals surface area contributed by atoms with Gasteiger partial charge in [-0.15, -0.1) is 0 Å². The van der Waals surface area contributed by atoms with Crippen molar-refractivity contribution in [1.82, 2.24) is 4.90 Å². The largest absolute Gasteiger partial charge is 0.335 e. The smallest absolute Gasteiger partial charge is 0.227 e. The highest BCUT2D eigenvalue weighted by atomic mass is 16.2. The molecule has 78 valence electrons. The first-order valence-corrected chi connectivity index (χ1v) is 5.64. The lowest BCUT2D eigenvalue weighted by Crippen LogP contribution is -2.36. The summed E-state index contributed by atoms with van der Waals surface area (Å²) in [6, 6.07) is 6.86. The number of carbonyl (C=O) groups excluding carboxylic acids is 1. The van der Waals surface area contributed by atoms with Gasteiger partial charge >= 0.3 is 0 Å². The van der Waals surface area contributed by atoms with Crippen molar-refractivity contribution >= 4 is 5.91 Å². The number of benzene rings is 1. The van der Waals surface area contributed by atoms with Crippen LogP contribution in [0.15, 0.2) is 18.2 Å². The summed E-state index contributed by atoms with van der Waals surface area (Å²) in [5.41, 5.74) is 3.94. The Bertz CT molecular complexity index is 425. The fourth-order valence-electron chi connectivity index (χ4n) is 2.84. The molecule has 2 aliphatic heterocycles. The SMILES string of the molecule is Cc1ccc2c(c1)C1CCCN1C(=O)C2. The van der Waals surface area contributed by atoms with Gasteiger partial charge in [-0.25, -0.2) is 0 Å². The van der Waals surface area contributed by atoms with Crippen molar-refractivity contribution in [2.24, 2.45) is 0 Å². The molecule has 0 aromatic heterocycles. The number of rotatable bonds is 0. The van der Waals surface area contributed by atoms with Crippen LogP contribution in [0.25, 0.3) is 0 Å². The zero-order chi connectivity index (χ0) is 10.4. The average molecular weight is 201 g/mol. The molecule has 0 saturated carbocycles. The minimum atomic E-state index is 0.314. The number of aryl methyl sites for hydroxylation is 1. The summed E-state index contributed by atoms with van der Waals surface area (Å²) in [4.78, 5) is 13.9. The highest BCUT2D eigenvalue weighted by molar-refractivity contribution is 5.82. The Hall–Kier alpha value is -1.31. The normalized spacial score (nSPS) is 23.9. The van der Waals surface area contributed by atoms with Crippen molar-refractivity contribution in [2.75, 3.05) is 6.54 Å². The van der Waals surface area contributed by atoms with Crippen molar-refractivity contribution in [3.63, 3.8) is 0 Å². The van der Waals surface area contributed by atoms with Crippen LogP contribution in [0.3, 0.4) is 0 Å². The zero-order valence-electron chi connectivity index (χ0n) is 8.99. The summed E-state index contributed by atoms with van der Waals surface area (Å²) >= 11 is 0. The molecule has 0 spiro atoms. The van der Waals surface area contributed by atoms with Gasteiger partial charge in [0.2, 0.25) is 5.91 Å². The Morgan fingerprint density at radius 2 is 2.27 bits per heavy atom. The molecule has 0 N–H and O–H groups in total. The summed E-state index contributed by atoms with van der Waals surface area (Å²) in [7, 11) is 0. The standard InChI is InChI=1S/C13H15NO/c1-9-4-5-10-8-13(15)14-6-2-3-12(14)11(10)7-9/h4-5,7,12H,2-3,6,8H2,1H3. The van der Waals surface area contributed by atoms with E-state index in [0.717, 1.165) is 19.4 Å². The fourth-order valence-corrected chi connectivity index (χ4v) is 2.84. The van der Waals surface area contributed by atoms with Crippen molar-refractivity contribution in [3.05, 3.63) is 34.9 Å². The summed E-state index contributed by atoms with van der Waals surface area (Å²) in [6.45, 7) is 3.08. The predicted octanol–water partition coefficient (Wildman–Crippen LogP) is 2.21. The zero-order valence-corrected chi connectivity index (χ0v) is 8.99. The molecule has 1 aromatic rings. The molecule has 0 radical (unpaired) electrons. The van der Waals surface area contributed by atoms with E-state index in [9.17, 15) is 4.79 Å². The molecule has 1 aromatic carbocycles. The maximum absolute atomic E-state index is 11.8. The van der Waals surface area contributed by atoms with E-state index >= 15 is 0 Å². The first kappa shape index (κ1) is 8.96. The van der Waals surface area contributed by atoms with E-state index in [1.807, 2.05) is 0 Å². The quantitative estimate of drug-likeness (QED) is 0.630. The first-order valence-electron chi connectivity index (χ1n) is 5.64. The van der Waals surface area contributed by atoms with Gasteiger partial charge in [0, 0.05) is 6.54 Å². The van der Waals surface area contributed by atoms with Gasteiger partial charge in [0.05, 0.1) is 12.5 Å². The summed E-state index contributed by atoms with van der Waals surface area (Å²) in [5, 5.41) is 0. The van der Waals surface area contributed by atoms with Crippen molar-refractivity contribution in [1.29, 1.82) is 0 Å². The van der Waals surface area contributed by atoms with E-state index in [4.69, 9.17) is 0 Å². The third kappa shape index (κ3) is 1.28. The Labute approximate surface area is 89.9 Å². The summed E-state index contributed by atoms with van der Waals surface area (Å²) < 4.78 is 0. The lowest BCUT2D eigenvalue weighted by atomic mass is 9.91. The molecule has 2 aliphatic rings. The predicted molar refractivity (Wildman–Crippen MR) is 58.6 cm³/mol. The van der Waals surface area contributed by atoms with Crippen molar-refractivity contribution in [3.8, 4) is 0 Å².